The molecule has 2 unspecified atom stereocenters. The Morgan fingerprint density at radius 1 is 1.07 bits per heavy atom. The molecular formula is C19H22N6O2. The van der Waals surface area contributed by atoms with E-state index in [-0.39, 0.29) is 29.7 Å². The number of amides is 1. The molecule has 1 heterocycles. The molecule has 0 radical (unpaired) electrons. The lowest BCUT2D eigenvalue weighted by Crippen LogP contribution is -2.35. The standard InChI is InChI=1S/C19H22N6O2/c20-17(21)11-4-6-13(7-5-11)25-19(26)16-9-15(10-24-16)27-14-3-1-2-12(8-14)18(22)23/h1-8,15-16,24H,9-10H2,(H3,20,21)(H3,22,23)(H,25,26). The van der Waals surface area contributed by atoms with E-state index in [2.05, 4.69) is 10.6 Å². The topological polar surface area (TPSA) is 150 Å². The summed E-state index contributed by atoms with van der Waals surface area (Å²) in [6.45, 7) is 0.547. The largest absolute Gasteiger partial charge is 0.489 e. The number of hydrogen-bond donors (Lipinski definition) is 6. The maximum atomic E-state index is 12.4. The minimum Gasteiger partial charge on any atom is -0.489 e. The fraction of sp³-hybridized carbons (Fsp3) is 0.211. The van der Waals surface area contributed by atoms with Gasteiger partial charge in [0.2, 0.25) is 5.91 Å². The summed E-state index contributed by atoms with van der Waals surface area (Å²) in [6, 6.07) is 13.5. The maximum Gasteiger partial charge on any atom is 0.241 e. The van der Waals surface area contributed by atoms with Crippen LogP contribution in [-0.4, -0.2) is 36.3 Å². The van der Waals surface area contributed by atoms with Gasteiger partial charge in [0.05, 0.1) is 6.04 Å². The molecule has 8 N–H and O–H groups in total. The molecule has 0 aromatic heterocycles. The van der Waals surface area contributed by atoms with Crippen LogP contribution in [0, 0.1) is 10.8 Å². The molecular weight excluding hydrogens is 344 g/mol. The Morgan fingerprint density at radius 3 is 2.44 bits per heavy atom. The van der Waals surface area contributed by atoms with Gasteiger partial charge in [-0.25, -0.2) is 0 Å². The summed E-state index contributed by atoms with van der Waals surface area (Å²) in [5.41, 5.74) is 12.8. The highest BCUT2D eigenvalue weighted by molar-refractivity contribution is 5.97. The molecule has 1 amide bonds. The van der Waals surface area contributed by atoms with E-state index in [4.69, 9.17) is 27.0 Å². The molecule has 2 aromatic carbocycles. The predicted molar refractivity (Wildman–Crippen MR) is 104 cm³/mol. The third-order valence-corrected chi connectivity index (χ3v) is 4.32. The number of amidine groups is 2. The fourth-order valence-electron chi connectivity index (χ4n) is 2.88. The highest BCUT2D eigenvalue weighted by atomic mass is 16.5. The van der Waals surface area contributed by atoms with E-state index in [0.29, 0.717) is 35.5 Å². The van der Waals surface area contributed by atoms with Crippen LogP contribution in [0.2, 0.25) is 0 Å². The fourth-order valence-corrected chi connectivity index (χ4v) is 2.88. The number of ether oxygens (including phenoxy) is 1. The Hall–Kier alpha value is -3.39. The number of rotatable bonds is 6. The van der Waals surface area contributed by atoms with Gasteiger partial charge in [0.25, 0.3) is 0 Å². The van der Waals surface area contributed by atoms with Gasteiger partial charge in [-0.1, -0.05) is 12.1 Å². The van der Waals surface area contributed by atoms with Gasteiger partial charge < -0.3 is 26.8 Å². The Morgan fingerprint density at radius 2 is 1.78 bits per heavy atom. The summed E-state index contributed by atoms with van der Waals surface area (Å²) in [7, 11) is 0. The number of benzene rings is 2. The number of carbonyl (C=O) groups is 1. The molecule has 0 saturated carbocycles. The van der Waals surface area contributed by atoms with Gasteiger partial charge in [-0.3, -0.25) is 15.6 Å². The van der Waals surface area contributed by atoms with Gasteiger partial charge in [0.15, 0.2) is 0 Å². The highest BCUT2D eigenvalue weighted by Crippen LogP contribution is 2.19. The van der Waals surface area contributed by atoms with Crippen LogP contribution in [-0.2, 0) is 4.79 Å². The molecule has 0 spiro atoms. The normalized spacial score (nSPS) is 18.7. The van der Waals surface area contributed by atoms with Crippen LogP contribution in [0.5, 0.6) is 5.75 Å². The second-order valence-electron chi connectivity index (χ2n) is 6.36. The van der Waals surface area contributed by atoms with Crippen LogP contribution < -0.4 is 26.8 Å². The van der Waals surface area contributed by atoms with Gasteiger partial charge in [-0.15, -0.1) is 0 Å². The van der Waals surface area contributed by atoms with Gasteiger partial charge in [-0.05, 0) is 36.4 Å². The molecule has 1 aliphatic rings. The minimum atomic E-state index is -0.363. The second-order valence-corrected chi connectivity index (χ2v) is 6.36. The van der Waals surface area contributed by atoms with E-state index in [1.54, 1.807) is 48.5 Å². The van der Waals surface area contributed by atoms with E-state index >= 15 is 0 Å². The zero-order chi connectivity index (χ0) is 19.4. The predicted octanol–water partition coefficient (Wildman–Crippen LogP) is 1.00. The lowest BCUT2D eigenvalue weighted by molar-refractivity contribution is -0.117. The SMILES string of the molecule is N=C(N)c1ccc(NC(=O)C2CC(Oc3cccc(C(=N)N)c3)CN2)cc1. The van der Waals surface area contributed by atoms with Crippen molar-refractivity contribution < 1.29 is 9.53 Å². The molecule has 0 bridgehead atoms. The Bertz CT molecular complexity index is 865. The van der Waals surface area contributed by atoms with Crippen LogP contribution in [0.25, 0.3) is 0 Å². The summed E-state index contributed by atoms with van der Waals surface area (Å²) in [5, 5.41) is 20.9. The Kier molecular flexibility index (Phi) is 5.37. The number of hydrogen-bond acceptors (Lipinski definition) is 5. The van der Waals surface area contributed by atoms with Crippen molar-refractivity contribution in [1.82, 2.24) is 5.32 Å². The molecule has 2 aromatic rings. The van der Waals surface area contributed by atoms with Gasteiger partial charge >= 0.3 is 0 Å². The maximum absolute atomic E-state index is 12.4. The molecule has 140 valence electrons. The first-order valence-electron chi connectivity index (χ1n) is 8.52. The van der Waals surface area contributed by atoms with Gasteiger partial charge in [-0.2, -0.15) is 0 Å². The number of nitrogens with one attached hydrogen (secondary N) is 4. The second kappa shape index (κ2) is 7.88. The number of carbonyl (C=O) groups excluding carboxylic acids is 1. The van der Waals surface area contributed by atoms with E-state index in [9.17, 15) is 4.79 Å². The zero-order valence-corrected chi connectivity index (χ0v) is 14.7. The lowest BCUT2D eigenvalue weighted by atomic mass is 10.1. The summed E-state index contributed by atoms with van der Waals surface area (Å²) >= 11 is 0. The third-order valence-electron chi connectivity index (χ3n) is 4.32. The molecule has 8 nitrogen and oxygen atoms in total. The Labute approximate surface area is 156 Å². The number of nitrogen functional groups attached to an aromatic ring is 2. The molecule has 1 saturated heterocycles. The van der Waals surface area contributed by atoms with Gasteiger partial charge in [0.1, 0.15) is 23.5 Å². The zero-order valence-electron chi connectivity index (χ0n) is 14.7. The number of anilines is 1. The molecule has 3 rings (SSSR count). The van der Waals surface area contributed by atoms with Crippen LogP contribution in [0.3, 0.4) is 0 Å². The monoisotopic (exact) mass is 366 g/mol. The van der Waals surface area contributed by atoms with Crippen molar-refractivity contribution in [2.24, 2.45) is 11.5 Å². The third kappa shape index (κ3) is 4.62. The van der Waals surface area contributed by atoms with E-state index in [0.717, 1.165) is 0 Å². The Balaban J connectivity index is 1.55. The summed E-state index contributed by atoms with van der Waals surface area (Å²) < 4.78 is 5.91. The average molecular weight is 366 g/mol. The average Bonchev–Trinajstić information content (AvgIpc) is 3.11. The van der Waals surface area contributed by atoms with Crippen LogP contribution in [0.15, 0.2) is 48.5 Å². The van der Waals surface area contributed by atoms with Crippen LogP contribution in [0.4, 0.5) is 5.69 Å². The quantitative estimate of drug-likeness (QED) is 0.333. The van der Waals surface area contributed by atoms with Crippen molar-refractivity contribution in [3.05, 3.63) is 59.7 Å². The van der Waals surface area contributed by atoms with E-state index < -0.39 is 0 Å². The van der Waals surface area contributed by atoms with Crippen molar-refractivity contribution in [3.63, 3.8) is 0 Å². The van der Waals surface area contributed by atoms with Crippen molar-refractivity contribution in [3.8, 4) is 5.75 Å². The molecule has 1 fully saturated rings. The summed E-state index contributed by atoms with van der Waals surface area (Å²) in [6.07, 6.45) is 0.379. The molecule has 2 atom stereocenters. The molecule has 1 aliphatic heterocycles. The van der Waals surface area contributed by atoms with Crippen LogP contribution in [0.1, 0.15) is 17.5 Å². The van der Waals surface area contributed by atoms with Crippen molar-refractivity contribution in [2.75, 3.05) is 11.9 Å². The number of nitrogens with two attached hydrogens (primary N) is 2. The smallest absolute Gasteiger partial charge is 0.241 e. The first-order chi connectivity index (χ1) is 12.9. The first kappa shape index (κ1) is 18.4. The lowest BCUT2D eigenvalue weighted by Gasteiger charge is -2.14. The minimum absolute atomic E-state index is 0.0147. The van der Waals surface area contributed by atoms with Gasteiger partial charge in [0, 0.05) is 29.8 Å². The highest BCUT2D eigenvalue weighted by Gasteiger charge is 2.30. The van der Waals surface area contributed by atoms with Crippen molar-refractivity contribution in [2.45, 2.75) is 18.6 Å². The van der Waals surface area contributed by atoms with Crippen molar-refractivity contribution in [1.29, 1.82) is 10.8 Å². The summed E-state index contributed by atoms with van der Waals surface area (Å²) in [5.74, 6) is 0.446. The van der Waals surface area contributed by atoms with Crippen LogP contribution >= 0.6 is 0 Å². The van der Waals surface area contributed by atoms with E-state index in [1.165, 1.54) is 0 Å². The van der Waals surface area contributed by atoms with E-state index in [1.807, 2.05) is 0 Å². The molecule has 8 heteroatoms. The first-order valence-corrected chi connectivity index (χ1v) is 8.52. The van der Waals surface area contributed by atoms with Crippen molar-refractivity contribution >= 4 is 23.3 Å². The summed E-state index contributed by atoms with van der Waals surface area (Å²) in [4.78, 5) is 12.4. The molecule has 27 heavy (non-hydrogen) atoms. The molecule has 0 aliphatic carbocycles.